The largest absolute Gasteiger partial charge is 0.469 e. The van der Waals surface area contributed by atoms with Crippen molar-refractivity contribution in [1.29, 1.82) is 0 Å². The molecule has 0 saturated carbocycles. The second-order valence-electron chi connectivity index (χ2n) is 5.03. The third-order valence-electron chi connectivity index (χ3n) is 2.68. The van der Waals surface area contributed by atoms with Gasteiger partial charge in [-0.15, -0.1) is 0 Å². The minimum absolute atomic E-state index is 0.243. The highest BCUT2D eigenvalue weighted by Crippen LogP contribution is 2.10. The van der Waals surface area contributed by atoms with Crippen LogP contribution in [-0.2, 0) is 24.2 Å². The quantitative estimate of drug-likeness (QED) is 0.685. The second-order valence-corrected chi connectivity index (χ2v) is 7.40. The standard InChI is InChI=1S/C12H23NO5S/c1-8(2)6-13-11(14)10(4)19(16,17)7-9(3)12(15)18-5/h8-10H,6-7H2,1-5H3,(H,13,14). The Labute approximate surface area is 114 Å². The number of sulfone groups is 1. The summed E-state index contributed by atoms with van der Waals surface area (Å²) in [4.78, 5) is 22.9. The molecule has 0 aliphatic carbocycles. The Morgan fingerprint density at radius 1 is 1.16 bits per heavy atom. The molecule has 2 atom stereocenters. The van der Waals surface area contributed by atoms with E-state index in [4.69, 9.17) is 0 Å². The van der Waals surface area contributed by atoms with Crippen molar-refractivity contribution in [1.82, 2.24) is 5.32 Å². The molecular formula is C12H23NO5S. The third kappa shape index (κ3) is 6.04. The molecule has 0 aromatic heterocycles. The number of esters is 1. The Morgan fingerprint density at radius 3 is 2.11 bits per heavy atom. The molecule has 19 heavy (non-hydrogen) atoms. The van der Waals surface area contributed by atoms with Crippen LogP contribution in [0.4, 0.5) is 0 Å². The van der Waals surface area contributed by atoms with Crippen LogP contribution in [-0.4, -0.2) is 45.0 Å². The van der Waals surface area contributed by atoms with Gasteiger partial charge in [-0.1, -0.05) is 20.8 Å². The fourth-order valence-electron chi connectivity index (χ4n) is 1.37. The number of hydrogen-bond acceptors (Lipinski definition) is 5. The van der Waals surface area contributed by atoms with Crippen molar-refractivity contribution in [2.75, 3.05) is 19.4 Å². The van der Waals surface area contributed by atoms with Gasteiger partial charge in [-0.05, 0) is 12.8 Å². The average Bonchev–Trinajstić information content (AvgIpc) is 2.33. The van der Waals surface area contributed by atoms with E-state index in [-0.39, 0.29) is 5.92 Å². The molecule has 0 spiro atoms. The molecule has 0 rings (SSSR count). The lowest BCUT2D eigenvalue weighted by Gasteiger charge is -2.16. The first-order chi connectivity index (χ1) is 8.61. The Hall–Kier alpha value is -1.11. The SMILES string of the molecule is COC(=O)C(C)CS(=O)(=O)C(C)C(=O)NCC(C)C. The van der Waals surface area contributed by atoms with Crippen LogP contribution < -0.4 is 5.32 Å². The first kappa shape index (κ1) is 17.9. The highest BCUT2D eigenvalue weighted by Gasteiger charge is 2.31. The normalized spacial score (nSPS) is 14.8. The van der Waals surface area contributed by atoms with Crippen molar-refractivity contribution in [3.8, 4) is 0 Å². The minimum Gasteiger partial charge on any atom is -0.469 e. The molecular weight excluding hydrogens is 270 g/mol. The van der Waals surface area contributed by atoms with Crippen molar-refractivity contribution in [3.63, 3.8) is 0 Å². The number of nitrogens with one attached hydrogen (secondary N) is 1. The van der Waals surface area contributed by atoms with Crippen LogP contribution in [0.3, 0.4) is 0 Å². The molecule has 0 fully saturated rings. The van der Waals surface area contributed by atoms with E-state index in [0.29, 0.717) is 6.54 Å². The van der Waals surface area contributed by atoms with E-state index in [9.17, 15) is 18.0 Å². The van der Waals surface area contributed by atoms with Crippen LogP contribution in [0.25, 0.3) is 0 Å². The molecule has 1 amide bonds. The molecule has 1 N–H and O–H groups in total. The summed E-state index contributed by atoms with van der Waals surface area (Å²) in [7, 11) is -2.48. The Bertz CT molecular complexity index is 416. The van der Waals surface area contributed by atoms with Crippen LogP contribution >= 0.6 is 0 Å². The average molecular weight is 293 g/mol. The Morgan fingerprint density at radius 2 is 1.68 bits per heavy atom. The van der Waals surface area contributed by atoms with E-state index in [1.54, 1.807) is 0 Å². The number of carbonyl (C=O) groups is 2. The number of hydrogen-bond donors (Lipinski definition) is 1. The molecule has 7 heteroatoms. The van der Waals surface area contributed by atoms with Crippen molar-refractivity contribution >= 4 is 21.7 Å². The molecule has 0 heterocycles. The van der Waals surface area contributed by atoms with Crippen LogP contribution in [0.1, 0.15) is 27.7 Å². The van der Waals surface area contributed by atoms with E-state index in [1.807, 2.05) is 13.8 Å². The van der Waals surface area contributed by atoms with Crippen molar-refractivity contribution in [2.45, 2.75) is 32.9 Å². The number of rotatable bonds is 7. The van der Waals surface area contributed by atoms with E-state index in [2.05, 4.69) is 10.1 Å². The van der Waals surface area contributed by atoms with Gasteiger partial charge in [0.2, 0.25) is 5.91 Å². The zero-order chi connectivity index (χ0) is 15.2. The summed E-state index contributed by atoms with van der Waals surface area (Å²) in [5.74, 6) is -2.07. The number of amides is 1. The van der Waals surface area contributed by atoms with Crippen LogP contribution in [0.5, 0.6) is 0 Å². The van der Waals surface area contributed by atoms with Gasteiger partial charge in [0.15, 0.2) is 9.84 Å². The topological polar surface area (TPSA) is 89.5 Å². The first-order valence-corrected chi connectivity index (χ1v) is 7.90. The zero-order valence-corrected chi connectivity index (χ0v) is 12.9. The van der Waals surface area contributed by atoms with Crippen molar-refractivity contribution in [2.24, 2.45) is 11.8 Å². The van der Waals surface area contributed by atoms with Gasteiger partial charge in [0.25, 0.3) is 0 Å². The Balaban J connectivity index is 4.64. The summed E-state index contributed by atoms with van der Waals surface area (Å²) in [6, 6.07) is 0. The predicted molar refractivity (Wildman–Crippen MR) is 72.3 cm³/mol. The van der Waals surface area contributed by atoms with Gasteiger partial charge >= 0.3 is 5.97 Å². The molecule has 112 valence electrons. The van der Waals surface area contributed by atoms with Crippen molar-refractivity contribution < 1.29 is 22.7 Å². The monoisotopic (exact) mass is 293 g/mol. The second kappa shape index (κ2) is 7.47. The lowest BCUT2D eigenvalue weighted by Crippen LogP contribution is -2.41. The summed E-state index contributed by atoms with van der Waals surface area (Å²) in [5.41, 5.74) is 0. The maximum atomic E-state index is 12.0. The highest BCUT2D eigenvalue weighted by molar-refractivity contribution is 7.92. The van der Waals surface area contributed by atoms with Gasteiger partial charge in [-0.25, -0.2) is 8.42 Å². The summed E-state index contributed by atoms with van der Waals surface area (Å²) in [6.45, 7) is 7.04. The minimum atomic E-state index is -3.67. The van der Waals surface area contributed by atoms with Gasteiger partial charge in [0.05, 0.1) is 18.8 Å². The van der Waals surface area contributed by atoms with Gasteiger partial charge < -0.3 is 10.1 Å². The van der Waals surface area contributed by atoms with Gasteiger partial charge in [-0.2, -0.15) is 0 Å². The summed E-state index contributed by atoms with van der Waals surface area (Å²) in [5, 5.41) is 1.40. The lowest BCUT2D eigenvalue weighted by molar-refractivity contribution is -0.144. The molecule has 0 aliphatic rings. The van der Waals surface area contributed by atoms with Gasteiger partial charge in [0.1, 0.15) is 5.25 Å². The fraction of sp³-hybridized carbons (Fsp3) is 0.833. The number of carbonyl (C=O) groups excluding carboxylic acids is 2. The fourth-order valence-corrected chi connectivity index (χ4v) is 2.90. The smallest absolute Gasteiger partial charge is 0.309 e. The maximum absolute atomic E-state index is 12.0. The molecule has 0 aromatic carbocycles. The van der Waals surface area contributed by atoms with E-state index < -0.39 is 38.6 Å². The van der Waals surface area contributed by atoms with Crippen LogP contribution in [0, 0.1) is 11.8 Å². The summed E-state index contributed by atoms with van der Waals surface area (Å²) < 4.78 is 28.4. The summed E-state index contributed by atoms with van der Waals surface area (Å²) in [6.07, 6.45) is 0. The molecule has 0 aromatic rings. The maximum Gasteiger partial charge on any atom is 0.309 e. The molecule has 0 radical (unpaired) electrons. The van der Waals surface area contributed by atoms with Crippen LogP contribution in [0.15, 0.2) is 0 Å². The van der Waals surface area contributed by atoms with Gasteiger partial charge in [-0.3, -0.25) is 9.59 Å². The Kier molecular flexibility index (Phi) is 7.04. The molecule has 0 aliphatic heterocycles. The van der Waals surface area contributed by atoms with E-state index >= 15 is 0 Å². The van der Waals surface area contributed by atoms with E-state index in [1.165, 1.54) is 21.0 Å². The summed E-state index contributed by atoms with van der Waals surface area (Å²) >= 11 is 0. The molecule has 6 nitrogen and oxygen atoms in total. The first-order valence-electron chi connectivity index (χ1n) is 6.19. The van der Waals surface area contributed by atoms with Crippen molar-refractivity contribution in [3.05, 3.63) is 0 Å². The molecule has 0 bridgehead atoms. The lowest BCUT2D eigenvalue weighted by atomic mass is 10.2. The highest BCUT2D eigenvalue weighted by atomic mass is 32.2. The molecule has 2 unspecified atom stereocenters. The van der Waals surface area contributed by atoms with Crippen LogP contribution in [0.2, 0.25) is 0 Å². The number of methoxy groups -OCH3 is 1. The molecule has 0 saturated heterocycles. The van der Waals surface area contributed by atoms with Gasteiger partial charge in [0, 0.05) is 6.54 Å². The third-order valence-corrected chi connectivity index (χ3v) is 4.93. The zero-order valence-electron chi connectivity index (χ0n) is 12.1. The van der Waals surface area contributed by atoms with E-state index in [0.717, 1.165) is 0 Å². The predicted octanol–water partition coefficient (Wildman–Crippen LogP) is 0.371. The number of ether oxygens (including phenoxy) is 1.